The average molecular weight is 741 g/mol. The quantitative estimate of drug-likeness (QED) is 0.122. The molecule has 276 valence electrons. The molecule has 0 aliphatic rings. The second kappa shape index (κ2) is 11.6. The minimum atomic E-state index is 0.0583. The first-order valence-electron chi connectivity index (χ1n) is 20.8. The molecule has 0 heterocycles. The lowest BCUT2D eigenvalue weighted by Crippen LogP contribution is -2.11. The molecule has 12 rings (SSSR count). The Hall–Kier alpha value is -6.50. The first-order valence-corrected chi connectivity index (χ1v) is 20.8. The zero-order chi connectivity index (χ0) is 39.2. The number of rotatable bonds is 2. The van der Waals surface area contributed by atoms with Crippen LogP contribution in [-0.2, 0) is 10.8 Å². The maximum atomic E-state index is 2.46. The lowest BCUT2D eigenvalue weighted by atomic mass is 9.81. The second-order valence-electron chi connectivity index (χ2n) is 18.9. The summed E-state index contributed by atoms with van der Waals surface area (Å²) in [7, 11) is 0. The van der Waals surface area contributed by atoms with Crippen molar-refractivity contribution in [3.8, 4) is 22.3 Å². The van der Waals surface area contributed by atoms with Crippen LogP contribution in [0.5, 0.6) is 0 Å². The number of fused-ring (bicyclic) bond motifs is 7. The van der Waals surface area contributed by atoms with Gasteiger partial charge in [0.05, 0.1) is 0 Å². The minimum absolute atomic E-state index is 0.0583. The average Bonchev–Trinajstić information content (AvgIpc) is 3.23. The monoisotopic (exact) mass is 740 g/mol. The molecule has 0 bridgehead atoms. The third kappa shape index (κ3) is 4.69. The summed E-state index contributed by atoms with van der Waals surface area (Å²) >= 11 is 0. The summed E-state index contributed by atoms with van der Waals surface area (Å²) in [4.78, 5) is 0. The van der Waals surface area contributed by atoms with E-state index in [1.54, 1.807) is 0 Å². The minimum Gasteiger partial charge on any atom is -0.0616 e. The molecular weight excluding hydrogens is 697 g/mol. The molecule has 0 nitrogen and oxygen atoms in total. The van der Waals surface area contributed by atoms with E-state index in [9.17, 15) is 0 Å². The van der Waals surface area contributed by atoms with E-state index < -0.39 is 0 Å². The topological polar surface area (TPSA) is 0 Å². The van der Waals surface area contributed by atoms with E-state index in [0.717, 1.165) is 0 Å². The highest BCUT2D eigenvalue weighted by Crippen LogP contribution is 2.48. The molecule has 0 N–H and O–H groups in total. The molecule has 12 aromatic rings. The summed E-state index contributed by atoms with van der Waals surface area (Å²) in [5, 5.41) is 23.9. The molecule has 12 aromatic carbocycles. The summed E-state index contributed by atoms with van der Waals surface area (Å²) in [5.41, 5.74) is 7.93. The van der Waals surface area contributed by atoms with Gasteiger partial charge in [-0.25, -0.2) is 0 Å². The second-order valence-corrected chi connectivity index (χ2v) is 18.9. The van der Waals surface area contributed by atoms with E-state index in [4.69, 9.17) is 0 Å². The Balaban J connectivity index is 1.07. The highest BCUT2D eigenvalue weighted by Gasteiger charge is 2.23. The molecule has 0 amide bonds. The number of benzene rings is 12. The fourth-order valence-electron chi connectivity index (χ4n) is 10.4. The molecule has 0 unspecified atom stereocenters. The third-order valence-corrected chi connectivity index (χ3v) is 13.4. The standard InChI is InChI=1S/C58H44/c1-57(2,3)39-29-36-19-21-47-41(23-25-49-43-11-7-9-13-45(43)51(31-39)53(36)55(47)49)34-17-15-33-16-18-35(28-38(33)27-34)42-24-26-50-44-12-8-10-14-46(44)52-32-40(58(4,5)6)30-37-20-22-48(42)56(50)54(37)52/h7-32H,1-6H3. The smallest absolute Gasteiger partial charge is 0.00141 e. The molecule has 0 radical (unpaired) electrons. The Morgan fingerprint density at radius 3 is 1.05 bits per heavy atom. The first-order chi connectivity index (χ1) is 28.0. The maximum absolute atomic E-state index is 2.46. The molecule has 0 heteroatoms. The van der Waals surface area contributed by atoms with Crippen LogP contribution in [0.1, 0.15) is 52.7 Å². The van der Waals surface area contributed by atoms with Gasteiger partial charge in [-0.1, -0.05) is 175 Å². The van der Waals surface area contributed by atoms with E-state index >= 15 is 0 Å². The van der Waals surface area contributed by atoms with Gasteiger partial charge >= 0.3 is 0 Å². The van der Waals surface area contributed by atoms with Crippen LogP contribution >= 0.6 is 0 Å². The predicted octanol–water partition coefficient (Wildman–Crippen LogP) is 16.9. The predicted molar refractivity (Wildman–Crippen MR) is 255 cm³/mol. The third-order valence-electron chi connectivity index (χ3n) is 13.4. The summed E-state index contributed by atoms with van der Waals surface area (Å²) in [6, 6.07) is 60.7. The maximum Gasteiger partial charge on any atom is -0.00141 e. The van der Waals surface area contributed by atoms with Crippen LogP contribution in [-0.4, -0.2) is 0 Å². The van der Waals surface area contributed by atoms with E-state index in [0.29, 0.717) is 0 Å². The van der Waals surface area contributed by atoms with Gasteiger partial charge in [0.2, 0.25) is 0 Å². The van der Waals surface area contributed by atoms with Gasteiger partial charge in [-0.15, -0.1) is 0 Å². The van der Waals surface area contributed by atoms with Gasteiger partial charge < -0.3 is 0 Å². The van der Waals surface area contributed by atoms with Crippen molar-refractivity contribution < 1.29 is 0 Å². The molecule has 0 aliphatic carbocycles. The van der Waals surface area contributed by atoms with Gasteiger partial charge in [0.25, 0.3) is 0 Å². The van der Waals surface area contributed by atoms with Gasteiger partial charge in [-0.3, -0.25) is 0 Å². The molecule has 58 heavy (non-hydrogen) atoms. The Kier molecular flexibility index (Phi) is 6.70. The Labute approximate surface area is 339 Å². The zero-order valence-corrected chi connectivity index (χ0v) is 34.0. The summed E-state index contributed by atoms with van der Waals surface area (Å²) in [6.45, 7) is 13.9. The summed E-state index contributed by atoms with van der Waals surface area (Å²) in [6.07, 6.45) is 0. The van der Waals surface area contributed by atoms with Gasteiger partial charge in [0.15, 0.2) is 0 Å². The highest BCUT2D eigenvalue weighted by atomic mass is 14.3. The van der Waals surface area contributed by atoms with E-state index in [-0.39, 0.29) is 10.8 Å². The van der Waals surface area contributed by atoms with Crippen molar-refractivity contribution in [3.05, 3.63) is 169 Å². The normalized spacial score (nSPS) is 13.0. The van der Waals surface area contributed by atoms with Gasteiger partial charge in [0.1, 0.15) is 0 Å². The highest BCUT2D eigenvalue weighted by molar-refractivity contribution is 6.36. The van der Waals surface area contributed by atoms with Crippen LogP contribution in [0.3, 0.4) is 0 Å². The molecule has 0 saturated heterocycles. The van der Waals surface area contributed by atoms with Crippen molar-refractivity contribution in [3.63, 3.8) is 0 Å². The lowest BCUT2D eigenvalue weighted by Gasteiger charge is -2.23. The van der Waals surface area contributed by atoms with Gasteiger partial charge in [-0.2, -0.15) is 0 Å². The van der Waals surface area contributed by atoms with Crippen LogP contribution in [0.25, 0.3) is 119 Å². The van der Waals surface area contributed by atoms with Crippen LogP contribution in [0.2, 0.25) is 0 Å². The fraction of sp³-hybridized carbons (Fsp3) is 0.138. The summed E-state index contributed by atoms with van der Waals surface area (Å²) in [5.74, 6) is 0. The van der Waals surface area contributed by atoms with Crippen LogP contribution in [0, 0.1) is 0 Å². The molecule has 0 fully saturated rings. The fourth-order valence-corrected chi connectivity index (χ4v) is 10.4. The Morgan fingerprint density at radius 1 is 0.259 bits per heavy atom. The van der Waals surface area contributed by atoms with E-state index in [2.05, 4.69) is 199 Å². The van der Waals surface area contributed by atoms with Crippen molar-refractivity contribution in [1.29, 1.82) is 0 Å². The van der Waals surface area contributed by atoms with Gasteiger partial charge in [-0.05, 0) is 165 Å². The molecule has 0 aliphatic heterocycles. The van der Waals surface area contributed by atoms with Crippen molar-refractivity contribution in [2.45, 2.75) is 52.4 Å². The Morgan fingerprint density at radius 2 is 0.638 bits per heavy atom. The number of hydrogen-bond acceptors (Lipinski definition) is 0. The molecule has 0 spiro atoms. The lowest BCUT2D eigenvalue weighted by molar-refractivity contribution is 0.591. The first kappa shape index (κ1) is 33.6. The van der Waals surface area contributed by atoms with Crippen LogP contribution < -0.4 is 0 Å². The molecule has 0 aromatic heterocycles. The number of hydrogen-bond donors (Lipinski definition) is 0. The summed E-state index contributed by atoms with van der Waals surface area (Å²) < 4.78 is 0. The van der Waals surface area contributed by atoms with Gasteiger partial charge in [0, 0.05) is 0 Å². The zero-order valence-electron chi connectivity index (χ0n) is 34.0. The van der Waals surface area contributed by atoms with Crippen molar-refractivity contribution in [1.82, 2.24) is 0 Å². The van der Waals surface area contributed by atoms with Crippen molar-refractivity contribution in [2.24, 2.45) is 0 Å². The van der Waals surface area contributed by atoms with Crippen molar-refractivity contribution in [2.75, 3.05) is 0 Å². The molecule has 0 atom stereocenters. The largest absolute Gasteiger partial charge is 0.0616 e. The van der Waals surface area contributed by atoms with Crippen molar-refractivity contribution >= 4 is 97.0 Å². The van der Waals surface area contributed by atoms with Crippen LogP contribution in [0.4, 0.5) is 0 Å². The van der Waals surface area contributed by atoms with Crippen LogP contribution in [0.15, 0.2) is 158 Å². The van der Waals surface area contributed by atoms with E-state index in [1.807, 2.05) is 0 Å². The molecule has 0 saturated carbocycles. The SMILES string of the molecule is CC(C)(C)c1cc2ccc3c(-c4ccc5ccc(-c6ccc7c8ccccc8c8cc(C(C)(C)C)cc9ccc6c7c98)cc5c4)ccc4c5ccccc5c(c1)c2c34. The van der Waals surface area contributed by atoms with E-state index in [1.165, 1.54) is 130 Å². The Bertz CT molecular complexity index is 3440. The molecular formula is C58H44.